The summed E-state index contributed by atoms with van der Waals surface area (Å²) in [6.45, 7) is 10.5. The van der Waals surface area contributed by atoms with E-state index in [-0.39, 0.29) is 57.6 Å². The van der Waals surface area contributed by atoms with Crippen LogP contribution in [0.2, 0.25) is 5.02 Å². The Kier molecular flexibility index (Phi) is 8.80. The Morgan fingerprint density at radius 1 is 1.12 bits per heavy atom. The van der Waals surface area contributed by atoms with Gasteiger partial charge in [-0.05, 0) is 54.5 Å². The van der Waals surface area contributed by atoms with Crippen LogP contribution in [0.1, 0.15) is 69.9 Å². The molecule has 0 aliphatic carbocycles. The average molecular weight is 593 g/mol. The van der Waals surface area contributed by atoms with Crippen LogP contribution in [0.25, 0.3) is 0 Å². The van der Waals surface area contributed by atoms with E-state index in [2.05, 4.69) is 10.2 Å². The molecule has 2 amide bonds. The summed E-state index contributed by atoms with van der Waals surface area (Å²) >= 11 is 6.16. The molecule has 218 valence electrons. The molecule has 1 aromatic heterocycles. The lowest BCUT2D eigenvalue weighted by atomic mass is 10.0. The van der Waals surface area contributed by atoms with Crippen molar-refractivity contribution in [1.29, 1.82) is 0 Å². The van der Waals surface area contributed by atoms with Crippen LogP contribution in [0.15, 0.2) is 35.2 Å². The number of benzene rings is 1. The van der Waals surface area contributed by atoms with Crippen molar-refractivity contribution in [2.45, 2.75) is 77.4 Å². The molecular weight excluding hydrogens is 555 g/mol. The summed E-state index contributed by atoms with van der Waals surface area (Å²) in [5.74, 6) is -0.188. The average Bonchev–Trinajstić information content (AvgIpc) is 3.09. The second-order valence-corrected chi connectivity index (χ2v) is 14.9. The number of amides is 2. The van der Waals surface area contributed by atoms with Crippen molar-refractivity contribution in [2.75, 3.05) is 23.7 Å². The molecule has 3 heterocycles. The van der Waals surface area contributed by atoms with Gasteiger partial charge in [-0.3, -0.25) is 9.59 Å². The van der Waals surface area contributed by atoms with Crippen molar-refractivity contribution in [3.05, 3.63) is 52.4 Å². The van der Waals surface area contributed by atoms with E-state index in [4.69, 9.17) is 16.6 Å². The maximum atomic E-state index is 13.5. The smallest absolute Gasteiger partial charge is 0.255 e. The molecule has 40 heavy (non-hydrogen) atoms. The lowest BCUT2D eigenvalue weighted by Crippen LogP contribution is -2.55. The molecule has 0 spiro atoms. The van der Waals surface area contributed by atoms with Gasteiger partial charge >= 0.3 is 0 Å². The summed E-state index contributed by atoms with van der Waals surface area (Å²) in [6.07, 6.45) is 1.99. The van der Waals surface area contributed by atoms with E-state index >= 15 is 0 Å². The van der Waals surface area contributed by atoms with Gasteiger partial charge in [0.15, 0.2) is 9.84 Å². The Morgan fingerprint density at radius 2 is 1.77 bits per heavy atom. The molecule has 4 rings (SSSR count). The van der Waals surface area contributed by atoms with Crippen molar-refractivity contribution < 1.29 is 22.4 Å². The second kappa shape index (κ2) is 11.6. The van der Waals surface area contributed by atoms with Crippen LogP contribution in [-0.2, 0) is 21.2 Å². The largest absolute Gasteiger partial charge is 0.350 e. The fraction of sp³-hybridized carbons (Fsp3) is 0.552. The van der Waals surface area contributed by atoms with Gasteiger partial charge in [-0.2, -0.15) is 0 Å². The minimum atomic E-state index is -3.63. The van der Waals surface area contributed by atoms with Crippen molar-refractivity contribution in [3.8, 4) is 0 Å². The SMILES string of the molecule is CC(C)CC(=O)NCc1cc(S(=O)(=O)CC(C)(C)C)cc(N2C3CCC2CN(C(=O)c2ccc(F)cc2Cl)C3)n1. The van der Waals surface area contributed by atoms with Gasteiger partial charge in [0.2, 0.25) is 5.91 Å². The first-order valence-electron chi connectivity index (χ1n) is 13.7. The van der Waals surface area contributed by atoms with Crippen LogP contribution in [0.3, 0.4) is 0 Å². The van der Waals surface area contributed by atoms with E-state index in [1.807, 2.05) is 34.6 Å². The number of fused-ring (bicyclic) bond motifs is 2. The minimum absolute atomic E-state index is 0.0316. The monoisotopic (exact) mass is 592 g/mol. The molecule has 8 nitrogen and oxygen atoms in total. The van der Waals surface area contributed by atoms with E-state index in [9.17, 15) is 22.4 Å². The number of carbonyl (C=O) groups excluding carboxylic acids is 2. The molecule has 2 aromatic rings. The van der Waals surface area contributed by atoms with Gasteiger partial charge in [0.1, 0.15) is 11.6 Å². The molecule has 2 unspecified atom stereocenters. The summed E-state index contributed by atoms with van der Waals surface area (Å²) < 4.78 is 40.4. The van der Waals surface area contributed by atoms with Crippen molar-refractivity contribution in [3.63, 3.8) is 0 Å². The highest BCUT2D eigenvalue weighted by Gasteiger charge is 2.43. The van der Waals surface area contributed by atoms with Gasteiger partial charge in [0.05, 0.1) is 33.5 Å². The fourth-order valence-corrected chi connectivity index (χ4v) is 7.66. The Bertz CT molecular complexity index is 1380. The third-order valence-corrected chi connectivity index (χ3v) is 9.59. The molecule has 0 radical (unpaired) electrons. The van der Waals surface area contributed by atoms with E-state index in [0.29, 0.717) is 31.0 Å². The van der Waals surface area contributed by atoms with Gasteiger partial charge in [0, 0.05) is 31.6 Å². The van der Waals surface area contributed by atoms with Crippen LogP contribution >= 0.6 is 11.6 Å². The van der Waals surface area contributed by atoms with Gasteiger partial charge in [-0.25, -0.2) is 17.8 Å². The van der Waals surface area contributed by atoms with Crippen LogP contribution in [0, 0.1) is 17.2 Å². The van der Waals surface area contributed by atoms with Gasteiger partial charge in [-0.15, -0.1) is 0 Å². The lowest BCUT2D eigenvalue weighted by molar-refractivity contribution is -0.121. The zero-order chi connectivity index (χ0) is 29.4. The van der Waals surface area contributed by atoms with Gasteiger partial charge in [-0.1, -0.05) is 46.2 Å². The first-order valence-corrected chi connectivity index (χ1v) is 15.7. The van der Waals surface area contributed by atoms with Gasteiger partial charge in [0.25, 0.3) is 5.91 Å². The highest BCUT2D eigenvalue weighted by atomic mass is 35.5. The van der Waals surface area contributed by atoms with Crippen molar-refractivity contribution in [2.24, 2.45) is 11.3 Å². The molecule has 11 heteroatoms. The van der Waals surface area contributed by atoms with Gasteiger partial charge < -0.3 is 15.1 Å². The van der Waals surface area contributed by atoms with Crippen molar-refractivity contribution in [1.82, 2.24) is 15.2 Å². The number of hydrogen-bond acceptors (Lipinski definition) is 6. The van der Waals surface area contributed by atoms with Crippen LogP contribution in [0.4, 0.5) is 10.2 Å². The predicted molar refractivity (Wildman–Crippen MR) is 154 cm³/mol. The second-order valence-electron chi connectivity index (χ2n) is 12.5. The maximum absolute atomic E-state index is 13.5. The topological polar surface area (TPSA) is 99.7 Å². The summed E-state index contributed by atoms with van der Waals surface area (Å²) in [7, 11) is -3.63. The first kappa shape index (κ1) is 30.2. The molecular formula is C29H38ClFN4O4S. The number of hydrogen-bond donors (Lipinski definition) is 1. The Hall–Kier alpha value is -2.72. The highest BCUT2D eigenvalue weighted by Crippen LogP contribution is 2.36. The lowest BCUT2D eigenvalue weighted by Gasteiger charge is -2.42. The third-order valence-electron chi connectivity index (χ3n) is 7.08. The highest BCUT2D eigenvalue weighted by molar-refractivity contribution is 7.91. The standard InChI is InChI=1S/C29H38ClFN4O4S/c1-18(2)10-27(36)32-14-20-12-23(40(38,39)17-29(3,4)5)13-26(33-20)35-21-7-8-22(35)16-34(15-21)28(37)24-9-6-19(31)11-25(24)30/h6,9,11-13,18,21-22H,7-8,10,14-17H2,1-5H3,(H,32,36). The predicted octanol–water partition coefficient (Wildman–Crippen LogP) is 4.85. The summed E-state index contributed by atoms with van der Waals surface area (Å²) in [4.78, 5) is 34.4. The maximum Gasteiger partial charge on any atom is 0.255 e. The minimum Gasteiger partial charge on any atom is -0.350 e. The molecule has 2 saturated heterocycles. The Labute approximate surface area is 241 Å². The summed E-state index contributed by atoms with van der Waals surface area (Å²) in [5, 5.41) is 2.94. The molecule has 2 bridgehead atoms. The van der Waals surface area contributed by atoms with Crippen LogP contribution < -0.4 is 10.2 Å². The molecule has 1 aromatic carbocycles. The number of rotatable bonds is 8. The van der Waals surface area contributed by atoms with Crippen LogP contribution in [-0.4, -0.2) is 61.0 Å². The Morgan fingerprint density at radius 3 is 2.35 bits per heavy atom. The molecule has 2 fully saturated rings. The first-order chi connectivity index (χ1) is 18.6. The molecule has 2 aliphatic rings. The van der Waals surface area contributed by atoms with Crippen molar-refractivity contribution >= 4 is 39.1 Å². The number of nitrogens with one attached hydrogen (secondary N) is 1. The van der Waals surface area contributed by atoms with Crippen LogP contribution in [0.5, 0.6) is 0 Å². The van der Waals surface area contributed by atoms with E-state index < -0.39 is 21.1 Å². The number of carbonyl (C=O) groups is 2. The fourth-order valence-electron chi connectivity index (χ4n) is 5.51. The number of halogens is 2. The number of anilines is 1. The normalized spacial score (nSPS) is 19.3. The summed E-state index contributed by atoms with van der Waals surface area (Å²) in [5.41, 5.74) is 0.280. The van der Waals surface area contributed by atoms with E-state index in [1.54, 1.807) is 17.0 Å². The van der Waals surface area contributed by atoms with E-state index in [0.717, 1.165) is 18.9 Å². The van der Waals surface area contributed by atoms with E-state index in [1.165, 1.54) is 12.1 Å². The number of piperazine rings is 1. The molecule has 0 saturated carbocycles. The molecule has 2 atom stereocenters. The Balaban J connectivity index is 1.62. The number of likely N-dealkylation sites (tertiary alicyclic amines) is 1. The zero-order valence-electron chi connectivity index (χ0n) is 23.7. The number of aromatic nitrogens is 1. The summed E-state index contributed by atoms with van der Waals surface area (Å²) in [6, 6.07) is 6.79. The number of nitrogens with zero attached hydrogens (tertiary/aromatic N) is 3. The number of sulfone groups is 1. The molecule has 2 aliphatic heterocycles. The molecule has 1 N–H and O–H groups in total. The number of pyridine rings is 1. The third kappa shape index (κ3) is 7.13. The quantitative estimate of drug-likeness (QED) is 0.470. The zero-order valence-corrected chi connectivity index (χ0v) is 25.3.